The molecule has 3 rings (SSSR count). The molecular weight excluding hydrogens is 285 g/mol. The molecule has 0 unspecified atom stereocenters. The SMILES string of the molecule is C[C@H]1CCCN(C(=O)Cn2nnc(-c3ccccc3F)n2)C1. The zero-order valence-corrected chi connectivity index (χ0v) is 12.4. The zero-order chi connectivity index (χ0) is 15.5. The van der Waals surface area contributed by atoms with Crippen molar-refractivity contribution in [2.75, 3.05) is 13.1 Å². The highest BCUT2D eigenvalue weighted by molar-refractivity contribution is 5.75. The Morgan fingerprint density at radius 2 is 2.23 bits per heavy atom. The summed E-state index contributed by atoms with van der Waals surface area (Å²) in [5.41, 5.74) is 0.285. The van der Waals surface area contributed by atoms with Gasteiger partial charge in [0.2, 0.25) is 11.7 Å². The van der Waals surface area contributed by atoms with Crippen LogP contribution >= 0.6 is 0 Å². The van der Waals surface area contributed by atoms with E-state index in [1.165, 1.54) is 10.9 Å². The van der Waals surface area contributed by atoms with Gasteiger partial charge in [0.1, 0.15) is 12.4 Å². The number of piperidine rings is 1. The third-order valence-corrected chi connectivity index (χ3v) is 3.85. The van der Waals surface area contributed by atoms with Crippen LogP contribution in [0.2, 0.25) is 0 Å². The number of tetrazole rings is 1. The third-order valence-electron chi connectivity index (χ3n) is 3.85. The molecule has 1 saturated heterocycles. The summed E-state index contributed by atoms with van der Waals surface area (Å²) in [5.74, 6) is 0.288. The lowest BCUT2D eigenvalue weighted by atomic mass is 10.0. The van der Waals surface area contributed by atoms with Crippen LogP contribution in [0.4, 0.5) is 4.39 Å². The maximum absolute atomic E-state index is 13.7. The van der Waals surface area contributed by atoms with E-state index in [4.69, 9.17) is 0 Å². The Bertz CT molecular complexity index is 671. The number of amides is 1. The Morgan fingerprint density at radius 1 is 1.41 bits per heavy atom. The zero-order valence-electron chi connectivity index (χ0n) is 12.4. The minimum Gasteiger partial charge on any atom is -0.341 e. The van der Waals surface area contributed by atoms with Crippen molar-refractivity contribution in [1.29, 1.82) is 0 Å². The highest BCUT2D eigenvalue weighted by atomic mass is 19.1. The first-order chi connectivity index (χ1) is 10.6. The van der Waals surface area contributed by atoms with Crippen LogP contribution in [0.1, 0.15) is 19.8 Å². The normalized spacial score (nSPS) is 18.5. The van der Waals surface area contributed by atoms with Crippen LogP contribution in [0.25, 0.3) is 11.4 Å². The number of halogens is 1. The summed E-state index contributed by atoms with van der Waals surface area (Å²) in [5, 5.41) is 11.8. The topological polar surface area (TPSA) is 63.9 Å². The lowest BCUT2D eigenvalue weighted by molar-refractivity contribution is -0.134. The van der Waals surface area contributed by atoms with Crippen molar-refractivity contribution in [3.63, 3.8) is 0 Å². The first-order valence-electron chi connectivity index (χ1n) is 7.44. The number of rotatable bonds is 3. The summed E-state index contributed by atoms with van der Waals surface area (Å²) in [4.78, 5) is 15.3. The smallest absolute Gasteiger partial charge is 0.246 e. The first-order valence-corrected chi connectivity index (χ1v) is 7.44. The molecule has 22 heavy (non-hydrogen) atoms. The molecule has 116 valence electrons. The predicted molar refractivity (Wildman–Crippen MR) is 78.2 cm³/mol. The van der Waals surface area contributed by atoms with E-state index in [9.17, 15) is 9.18 Å². The summed E-state index contributed by atoms with van der Waals surface area (Å²) < 4.78 is 13.7. The van der Waals surface area contributed by atoms with Crippen molar-refractivity contribution in [2.24, 2.45) is 5.92 Å². The number of carbonyl (C=O) groups excluding carboxylic acids is 1. The molecular formula is C15H18FN5O. The molecule has 0 N–H and O–H groups in total. The molecule has 0 radical (unpaired) electrons. The number of hydrogen-bond acceptors (Lipinski definition) is 4. The van der Waals surface area contributed by atoms with Gasteiger partial charge >= 0.3 is 0 Å². The maximum atomic E-state index is 13.7. The number of benzene rings is 1. The number of carbonyl (C=O) groups is 1. The minimum atomic E-state index is -0.404. The van der Waals surface area contributed by atoms with Gasteiger partial charge in [-0.05, 0) is 36.1 Å². The Morgan fingerprint density at radius 3 is 3.00 bits per heavy atom. The predicted octanol–water partition coefficient (Wildman–Crippen LogP) is 1.74. The molecule has 1 aromatic carbocycles. The number of nitrogens with zero attached hydrogens (tertiary/aromatic N) is 5. The van der Waals surface area contributed by atoms with Gasteiger partial charge in [0, 0.05) is 13.1 Å². The fraction of sp³-hybridized carbons (Fsp3) is 0.467. The van der Waals surface area contributed by atoms with E-state index < -0.39 is 5.82 Å². The second-order valence-electron chi connectivity index (χ2n) is 5.71. The lowest BCUT2D eigenvalue weighted by Gasteiger charge is -2.30. The molecule has 1 aliphatic heterocycles. The molecule has 2 heterocycles. The molecule has 0 aliphatic carbocycles. The van der Waals surface area contributed by atoms with Crippen LogP contribution in [-0.4, -0.2) is 44.1 Å². The highest BCUT2D eigenvalue weighted by Gasteiger charge is 2.22. The second-order valence-corrected chi connectivity index (χ2v) is 5.71. The van der Waals surface area contributed by atoms with Gasteiger partial charge in [0.15, 0.2) is 0 Å². The number of hydrogen-bond donors (Lipinski definition) is 0. The van der Waals surface area contributed by atoms with Crippen molar-refractivity contribution >= 4 is 5.91 Å². The monoisotopic (exact) mass is 303 g/mol. The molecule has 1 fully saturated rings. The van der Waals surface area contributed by atoms with Gasteiger partial charge < -0.3 is 4.90 Å². The van der Waals surface area contributed by atoms with E-state index >= 15 is 0 Å². The molecule has 1 aromatic heterocycles. The van der Waals surface area contributed by atoms with Crippen molar-refractivity contribution in [2.45, 2.75) is 26.3 Å². The van der Waals surface area contributed by atoms with Gasteiger partial charge in [-0.25, -0.2) is 4.39 Å². The van der Waals surface area contributed by atoms with E-state index in [0.29, 0.717) is 5.92 Å². The Hall–Kier alpha value is -2.31. The number of aromatic nitrogens is 4. The average molecular weight is 303 g/mol. The van der Waals surface area contributed by atoms with E-state index in [1.54, 1.807) is 18.2 Å². The number of likely N-dealkylation sites (tertiary alicyclic amines) is 1. The summed E-state index contributed by atoms with van der Waals surface area (Å²) in [6.45, 7) is 3.73. The van der Waals surface area contributed by atoms with Crippen molar-refractivity contribution in [1.82, 2.24) is 25.1 Å². The molecule has 0 bridgehead atoms. The van der Waals surface area contributed by atoms with Crippen LogP contribution in [-0.2, 0) is 11.3 Å². The summed E-state index contributed by atoms with van der Waals surface area (Å²) in [6, 6.07) is 6.24. The van der Waals surface area contributed by atoms with E-state index in [-0.39, 0.29) is 23.8 Å². The third kappa shape index (κ3) is 3.13. The molecule has 1 amide bonds. The molecule has 6 nitrogen and oxygen atoms in total. The van der Waals surface area contributed by atoms with Crippen LogP contribution in [0.3, 0.4) is 0 Å². The second kappa shape index (κ2) is 6.21. The van der Waals surface area contributed by atoms with E-state index in [0.717, 1.165) is 25.9 Å². The average Bonchev–Trinajstić information content (AvgIpc) is 2.96. The van der Waals surface area contributed by atoms with Crippen LogP contribution in [0.5, 0.6) is 0 Å². The van der Waals surface area contributed by atoms with Gasteiger partial charge in [0.25, 0.3) is 0 Å². The Labute approximate surface area is 127 Å². The van der Waals surface area contributed by atoms with Crippen molar-refractivity contribution in [3.8, 4) is 11.4 Å². The highest BCUT2D eigenvalue weighted by Crippen LogP contribution is 2.18. The van der Waals surface area contributed by atoms with E-state index in [1.807, 2.05) is 4.90 Å². The van der Waals surface area contributed by atoms with Crippen LogP contribution < -0.4 is 0 Å². The molecule has 1 aliphatic rings. The molecule has 0 saturated carbocycles. The fourth-order valence-electron chi connectivity index (χ4n) is 2.70. The maximum Gasteiger partial charge on any atom is 0.246 e. The standard InChI is InChI=1S/C15H18FN5O/c1-11-5-4-8-20(9-11)14(22)10-21-18-15(17-19-21)12-6-2-3-7-13(12)16/h2-3,6-7,11H,4-5,8-10H2,1H3/t11-/m0/s1. The quantitative estimate of drug-likeness (QED) is 0.866. The molecule has 1 atom stereocenters. The largest absolute Gasteiger partial charge is 0.341 e. The summed E-state index contributed by atoms with van der Waals surface area (Å²) in [7, 11) is 0. The first kappa shape index (κ1) is 14.6. The van der Waals surface area contributed by atoms with Gasteiger partial charge in [-0.2, -0.15) is 4.80 Å². The Kier molecular flexibility index (Phi) is 4.13. The summed E-state index contributed by atoms with van der Waals surface area (Å²) >= 11 is 0. The van der Waals surface area contributed by atoms with Gasteiger partial charge in [-0.3, -0.25) is 4.79 Å². The molecule has 2 aromatic rings. The van der Waals surface area contributed by atoms with Crippen LogP contribution in [0.15, 0.2) is 24.3 Å². The fourth-order valence-corrected chi connectivity index (χ4v) is 2.70. The molecule has 0 spiro atoms. The summed E-state index contributed by atoms with van der Waals surface area (Å²) in [6.07, 6.45) is 2.18. The van der Waals surface area contributed by atoms with Crippen molar-refractivity contribution < 1.29 is 9.18 Å². The van der Waals surface area contributed by atoms with Gasteiger partial charge in [-0.1, -0.05) is 19.1 Å². The van der Waals surface area contributed by atoms with Crippen molar-refractivity contribution in [3.05, 3.63) is 30.1 Å². The van der Waals surface area contributed by atoms with Gasteiger partial charge in [0.05, 0.1) is 5.56 Å². The van der Waals surface area contributed by atoms with E-state index in [2.05, 4.69) is 22.3 Å². The van der Waals surface area contributed by atoms with Gasteiger partial charge in [-0.15, -0.1) is 10.2 Å². The lowest BCUT2D eigenvalue weighted by Crippen LogP contribution is -2.41. The molecule has 7 heteroatoms. The minimum absolute atomic E-state index is 0.0240. The Balaban J connectivity index is 1.69. The van der Waals surface area contributed by atoms with Crippen LogP contribution in [0, 0.1) is 11.7 Å².